The van der Waals surface area contributed by atoms with Crippen LogP contribution in [0.3, 0.4) is 0 Å². The van der Waals surface area contributed by atoms with E-state index >= 15 is 0 Å². The third kappa shape index (κ3) is 2.65. The van der Waals surface area contributed by atoms with Crippen LogP contribution in [-0.4, -0.2) is 21.3 Å². The summed E-state index contributed by atoms with van der Waals surface area (Å²) in [4.78, 5) is 0. The number of halogens is 3. The van der Waals surface area contributed by atoms with Gasteiger partial charge in [-0.3, -0.25) is 0 Å². The summed E-state index contributed by atoms with van der Waals surface area (Å²) in [6.45, 7) is 1.21. The number of fused-ring (bicyclic) bond motifs is 1. The smallest absolute Gasteiger partial charge is 0.330 e. The molecule has 112 valence electrons. The first kappa shape index (κ1) is 14.1. The van der Waals surface area contributed by atoms with Crippen LogP contribution in [0.2, 0.25) is 0 Å². The van der Waals surface area contributed by atoms with E-state index in [1.165, 1.54) is 6.07 Å². The van der Waals surface area contributed by atoms with Gasteiger partial charge in [-0.15, -0.1) is 10.2 Å². The van der Waals surface area contributed by atoms with Crippen molar-refractivity contribution in [3.05, 3.63) is 35.7 Å². The number of nitrogens with zero attached hydrogens (tertiary/aromatic N) is 3. The van der Waals surface area contributed by atoms with Crippen LogP contribution in [0.5, 0.6) is 0 Å². The minimum Gasteiger partial charge on any atom is -0.330 e. The number of aryl methyl sites for hydroxylation is 1. The lowest BCUT2D eigenvalue weighted by Gasteiger charge is -2.23. The molecule has 2 N–H and O–H groups in total. The molecule has 1 aromatic carbocycles. The van der Waals surface area contributed by atoms with Crippen LogP contribution >= 0.6 is 0 Å². The molecule has 2 heterocycles. The zero-order chi connectivity index (χ0) is 15.0. The monoisotopic (exact) mass is 296 g/mol. The summed E-state index contributed by atoms with van der Waals surface area (Å²) in [5.41, 5.74) is 5.45. The fourth-order valence-electron chi connectivity index (χ4n) is 2.64. The number of rotatable bonds is 2. The molecule has 1 atom stereocenters. The Balaban J connectivity index is 2.01. The summed E-state index contributed by atoms with van der Waals surface area (Å²) < 4.78 is 40.3. The van der Waals surface area contributed by atoms with Crippen LogP contribution in [0.25, 0.3) is 11.4 Å². The predicted octanol–water partition coefficient (Wildman–Crippen LogP) is 2.49. The number of benzene rings is 1. The predicted molar refractivity (Wildman–Crippen MR) is 71.3 cm³/mol. The van der Waals surface area contributed by atoms with Gasteiger partial charge in [0.15, 0.2) is 5.82 Å². The molecule has 0 saturated carbocycles. The van der Waals surface area contributed by atoms with Gasteiger partial charge in [-0.25, -0.2) is 0 Å². The third-order valence-electron chi connectivity index (χ3n) is 3.83. The number of alkyl halides is 3. The summed E-state index contributed by atoms with van der Waals surface area (Å²) >= 11 is 0. The molecule has 1 aliphatic heterocycles. The van der Waals surface area contributed by atoms with Gasteiger partial charge in [0.1, 0.15) is 5.82 Å². The topological polar surface area (TPSA) is 56.7 Å². The molecular weight excluding hydrogens is 281 g/mol. The van der Waals surface area contributed by atoms with Crippen LogP contribution in [-0.2, 0) is 19.1 Å². The first-order valence-electron chi connectivity index (χ1n) is 6.79. The summed E-state index contributed by atoms with van der Waals surface area (Å²) in [7, 11) is 0. The molecule has 0 bridgehead atoms. The van der Waals surface area contributed by atoms with Crippen molar-refractivity contribution >= 4 is 0 Å². The van der Waals surface area contributed by atoms with Crippen molar-refractivity contribution in [3.8, 4) is 11.4 Å². The molecule has 21 heavy (non-hydrogen) atoms. The van der Waals surface area contributed by atoms with Crippen molar-refractivity contribution < 1.29 is 13.2 Å². The van der Waals surface area contributed by atoms with Crippen molar-refractivity contribution in [2.75, 3.05) is 6.54 Å². The molecule has 1 unspecified atom stereocenters. The van der Waals surface area contributed by atoms with Crippen molar-refractivity contribution in [1.29, 1.82) is 0 Å². The zero-order valence-corrected chi connectivity index (χ0v) is 11.3. The quantitative estimate of drug-likeness (QED) is 0.926. The van der Waals surface area contributed by atoms with Crippen LogP contribution in [0.4, 0.5) is 13.2 Å². The first-order valence-corrected chi connectivity index (χ1v) is 6.79. The minimum atomic E-state index is -4.36. The van der Waals surface area contributed by atoms with Gasteiger partial charge in [0, 0.05) is 18.5 Å². The van der Waals surface area contributed by atoms with Crippen molar-refractivity contribution in [2.24, 2.45) is 11.7 Å². The Morgan fingerprint density at radius 2 is 2.10 bits per heavy atom. The normalized spacial score (nSPS) is 18.6. The lowest BCUT2D eigenvalue weighted by Crippen LogP contribution is -2.26. The standard InChI is InChI=1S/C14H15F3N4/c15-14(16,17)11-3-1-2-10(6-11)13-20-19-12-5-4-9(7-18)8-21(12)13/h1-3,6,9H,4-5,7-8,18H2. The SMILES string of the molecule is NCC1CCc2nnc(-c3cccc(C(F)(F)F)c3)n2C1. The Kier molecular flexibility index (Phi) is 3.44. The summed E-state index contributed by atoms with van der Waals surface area (Å²) in [6.07, 6.45) is -2.66. The fourth-order valence-corrected chi connectivity index (χ4v) is 2.64. The van der Waals surface area contributed by atoms with E-state index in [2.05, 4.69) is 10.2 Å². The summed E-state index contributed by atoms with van der Waals surface area (Å²) in [6, 6.07) is 5.19. The highest BCUT2D eigenvalue weighted by molar-refractivity contribution is 5.57. The van der Waals surface area contributed by atoms with Gasteiger partial charge < -0.3 is 10.3 Å². The van der Waals surface area contributed by atoms with Gasteiger partial charge in [0.25, 0.3) is 0 Å². The van der Waals surface area contributed by atoms with E-state index in [0.717, 1.165) is 30.8 Å². The Morgan fingerprint density at radius 3 is 2.81 bits per heavy atom. The van der Waals surface area contributed by atoms with E-state index in [0.29, 0.717) is 30.4 Å². The van der Waals surface area contributed by atoms with Gasteiger partial charge in [0.05, 0.1) is 5.56 Å². The first-order chi connectivity index (χ1) is 9.99. The number of hydrogen-bond donors (Lipinski definition) is 1. The average Bonchev–Trinajstić information content (AvgIpc) is 2.89. The highest BCUT2D eigenvalue weighted by Gasteiger charge is 2.31. The number of hydrogen-bond acceptors (Lipinski definition) is 3. The van der Waals surface area contributed by atoms with Gasteiger partial charge in [-0.2, -0.15) is 13.2 Å². The van der Waals surface area contributed by atoms with Crippen molar-refractivity contribution in [2.45, 2.75) is 25.6 Å². The van der Waals surface area contributed by atoms with Crippen molar-refractivity contribution in [1.82, 2.24) is 14.8 Å². The molecule has 1 aliphatic rings. The lowest BCUT2D eigenvalue weighted by molar-refractivity contribution is -0.137. The number of nitrogens with two attached hydrogens (primary N) is 1. The highest BCUT2D eigenvalue weighted by atomic mass is 19.4. The molecule has 3 rings (SSSR count). The minimum absolute atomic E-state index is 0.318. The molecule has 0 amide bonds. The maximum Gasteiger partial charge on any atom is 0.416 e. The Morgan fingerprint density at radius 1 is 1.29 bits per heavy atom. The molecule has 7 heteroatoms. The van der Waals surface area contributed by atoms with Gasteiger partial charge in [-0.1, -0.05) is 12.1 Å². The molecule has 1 aromatic heterocycles. The fraction of sp³-hybridized carbons (Fsp3) is 0.429. The van der Waals surface area contributed by atoms with E-state index in [9.17, 15) is 13.2 Å². The second-order valence-corrected chi connectivity index (χ2v) is 5.27. The van der Waals surface area contributed by atoms with Crippen LogP contribution < -0.4 is 5.73 Å². The summed E-state index contributed by atoms with van der Waals surface area (Å²) in [5.74, 6) is 1.61. The van der Waals surface area contributed by atoms with Gasteiger partial charge in [0.2, 0.25) is 0 Å². The van der Waals surface area contributed by atoms with Crippen LogP contribution in [0.1, 0.15) is 17.8 Å². The molecule has 0 spiro atoms. The van der Waals surface area contributed by atoms with E-state index in [1.807, 2.05) is 4.57 Å². The molecular formula is C14H15F3N4. The Labute approximate surface area is 119 Å². The highest BCUT2D eigenvalue weighted by Crippen LogP contribution is 2.32. The van der Waals surface area contributed by atoms with Crippen molar-refractivity contribution in [3.63, 3.8) is 0 Å². The third-order valence-corrected chi connectivity index (χ3v) is 3.83. The van der Waals surface area contributed by atoms with Crippen LogP contribution in [0.15, 0.2) is 24.3 Å². The number of aromatic nitrogens is 3. The van der Waals surface area contributed by atoms with Crippen LogP contribution in [0, 0.1) is 5.92 Å². The second-order valence-electron chi connectivity index (χ2n) is 5.27. The van der Waals surface area contributed by atoms with E-state index in [1.54, 1.807) is 6.07 Å². The summed E-state index contributed by atoms with van der Waals surface area (Å²) in [5, 5.41) is 8.15. The largest absolute Gasteiger partial charge is 0.416 e. The molecule has 2 aromatic rings. The molecule has 0 saturated heterocycles. The molecule has 0 radical (unpaired) electrons. The van der Waals surface area contributed by atoms with Gasteiger partial charge in [-0.05, 0) is 31.0 Å². The molecule has 0 fully saturated rings. The van der Waals surface area contributed by atoms with E-state index in [-0.39, 0.29) is 0 Å². The van der Waals surface area contributed by atoms with E-state index < -0.39 is 11.7 Å². The average molecular weight is 296 g/mol. The van der Waals surface area contributed by atoms with E-state index in [4.69, 9.17) is 5.73 Å². The lowest BCUT2D eigenvalue weighted by atomic mass is 9.99. The second kappa shape index (κ2) is 5.14. The Hall–Kier alpha value is -1.89. The maximum atomic E-state index is 12.8. The zero-order valence-electron chi connectivity index (χ0n) is 11.3. The maximum absolute atomic E-state index is 12.8. The molecule has 0 aliphatic carbocycles. The Bertz CT molecular complexity index is 648. The van der Waals surface area contributed by atoms with Gasteiger partial charge >= 0.3 is 6.18 Å². The molecule has 4 nitrogen and oxygen atoms in total.